The second kappa shape index (κ2) is 11.0. The van der Waals surface area contributed by atoms with Crippen molar-refractivity contribution in [1.29, 1.82) is 0 Å². The molecule has 8 heteroatoms. The lowest BCUT2D eigenvalue weighted by Crippen LogP contribution is -2.29. The highest BCUT2D eigenvalue weighted by molar-refractivity contribution is 8.26. The molecule has 0 aliphatic carbocycles. The fourth-order valence-corrected chi connectivity index (χ4v) is 5.05. The van der Waals surface area contributed by atoms with E-state index in [9.17, 15) is 9.59 Å². The van der Waals surface area contributed by atoms with Gasteiger partial charge in [-0.25, -0.2) is 0 Å². The number of hydrogen-bond donors (Lipinski definition) is 0. The average Bonchev–Trinajstić information content (AvgIpc) is 3.10. The highest BCUT2D eigenvalue weighted by atomic mass is 32.2. The molecule has 1 amide bonds. The Balaban J connectivity index is 1.68. The molecule has 2 aromatic heterocycles. The number of fused-ring (bicyclic) bond motifs is 1. The number of pyridine rings is 1. The smallest absolute Gasteiger partial charge is 0.269 e. The van der Waals surface area contributed by atoms with Crippen molar-refractivity contribution in [2.45, 2.75) is 46.0 Å². The van der Waals surface area contributed by atoms with E-state index in [0.29, 0.717) is 27.2 Å². The van der Waals surface area contributed by atoms with Gasteiger partial charge in [-0.1, -0.05) is 80.9 Å². The maximum Gasteiger partial charge on any atom is 0.269 e. The summed E-state index contributed by atoms with van der Waals surface area (Å²) < 4.78 is 8.06. The molecule has 34 heavy (non-hydrogen) atoms. The number of para-hydroxylation sites is 1. The first kappa shape index (κ1) is 24.2. The number of carbonyl (C=O) groups excluding carboxylic acids is 1. The van der Waals surface area contributed by atoms with Gasteiger partial charge in [-0.3, -0.25) is 18.9 Å². The zero-order chi connectivity index (χ0) is 24.1. The number of ether oxygens (including phenoxy) is 1. The molecule has 1 saturated heterocycles. The standard InChI is InChI=1S/C26H27N3O3S2/c1-3-4-5-6-10-16-29-25(31)21(34-26(29)33)17-19-23(32-20-13-8-7-12-18(20)2)27-22-14-9-11-15-28(22)24(19)30/h7-9,11-15,17H,3-6,10,16H2,1-2H3/b21-17+. The average molecular weight is 494 g/mol. The number of rotatable bonds is 9. The van der Waals surface area contributed by atoms with Gasteiger partial charge in [0.15, 0.2) is 0 Å². The number of aromatic nitrogens is 2. The molecule has 0 spiro atoms. The Labute approximate surface area is 208 Å². The molecule has 0 saturated carbocycles. The van der Waals surface area contributed by atoms with Crippen molar-refractivity contribution in [3.05, 3.63) is 75.0 Å². The van der Waals surface area contributed by atoms with Gasteiger partial charge in [0, 0.05) is 12.7 Å². The van der Waals surface area contributed by atoms with E-state index in [1.807, 2.05) is 37.3 Å². The van der Waals surface area contributed by atoms with Crippen LogP contribution in [0.3, 0.4) is 0 Å². The highest BCUT2D eigenvalue weighted by Gasteiger charge is 2.32. The van der Waals surface area contributed by atoms with E-state index in [2.05, 4.69) is 11.9 Å². The van der Waals surface area contributed by atoms with Gasteiger partial charge in [0.25, 0.3) is 11.5 Å². The van der Waals surface area contributed by atoms with E-state index in [1.165, 1.54) is 29.0 Å². The Hall–Kier alpha value is -2.97. The van der Waals surface area contributed by atoms with Crippen molar-refractivity contribution in [1.82, 2.24) is 14.3 Å². The largest absolute Gasteiger partial charge is 0.438 e. The molecule has 1 aromatic carbocycles. The van der Waals surface area contributed by atoms with Gasteiger partial charge < -0.3 is 4.74 Å². The minimum absolute atomic E-state index is 0.162. The quantitative estimate of drug-likeness (QED) is 0.208. The zero-order valence-electron chi connectivity index (χ0n) is 19.3. The molecular weight excluding hydrogens is 466 g/mol. The number of unbranched alkanes of at least 4 members (excludes halogenated alkanes) is 4. The summed E-state index contributed by atoms with van der Waals surface area (Å²) in [6.45, 7) is 4.69. The van der Waals surface area contributed by atoms with Crippen LogP contribution in [0.4, 0.5) is 0 Å². The van der Waals surface area contributed by atoms with Crippen molar-refractivity contribution < 1.29 is 9.53 Å². The lowest BCUT2D eigenvalue weighted by atomic mass is 10.1. The van der Waals surface area contributed by atoms with Gasteiger partial charge in [-0.15, -0.1) is 0 Å². The van der Waals surface area contributed by atoms with Gasteiger partial charge in [-0.05, 0) is 43.2 Å². The predicted molar refractivity (Wildman–Crippen MR) is 141 cm³/mol. The SMILES string of the molecule is CCCCCCCN1C(=O)/C(=C\c2c(Oc3ccccc3C)nc3ccccn3c2=O)SC1=S. The summed E-state index contributed by atoms with van der Waals surface area (Å²) in [7, 11) is 0. The molecule has 1 fully saturated rings. The maximum absolute atomic E-state index is 13.4. The summed E-state index contributed by atoms with van der Waals surface area (Å²) >= 11 is 6.69. The number of amides is 1. The van der Waals surface area contributed by atoms with Gasteiger partial charge in [0.2, 0.25) is 5.88 Å². The summed E-state index contributed by atoms with van der Waals surface area (Å²) in [5, 5.41) is 0. The topological polar surface area (TPSA) is 63.9 Å². The van der Waals surface area contributed by atoms with Gasteiger partial charge in [-0.2, -0.15) is 4.98 Å². The van der Waals surface area contributed by atoms with Gasteiger partial charge >= 0.3 is 0 Å². The van der Waals surface area contributed by atoms with Crippen molar-refractivity contribution in [3.63, 3.8) is 0 Å². The molecule has 1 aliphatic heterocycles. The Morgan fingerprint density at radius 3 is 2.62 bits per heavy atom. The van der Waals surface area contributed by atoms with Gasteiger partial charge in [0.1, 0.15) is 21.3 Å². The first-order valence-corrected chi connectivity index (χ1v) is 12.7. The highest BCUT2D eigenvalue weighted by Crippen LogP contribution is 2.34. The van der Waals surface area contributed by atoms with Crippen LogP contribution in [0.5, 0.6) is 11.6 Å². The number of nitrogens with zero attached hydrogens (tertiary/aromatic N) is 3. The fourth-order valence-electron chi connectivity index (χ4n) is 3.76. The number of carbonyl (C=O) groups is 1. The summed E-state index contributed by atoms with van der Waals surface area (Å²) in [6, 6.07) is 12.8. The van der Waals surface area contributed by atoms with Crippen molar-refractivity contribution >= 4 is 45.9 Å². The van der Waals surface area contributed by atoms with E-state index in [4.69, 9.17) is 17.0 Å². The number of thiocarbonyl (C=S) groups is 1. The van der Waals surface area contributed by atoms with Crippen LogP contribution in [-0.4, -0.2) is 31.1 Å². The first-order valence-electron chi connectivity index (χ1n) is 11.5. The second-order valence-corrected chi connectivity index (χ2v) is 9.86. The van der Waals surface area contributed by atoms with Crippen LogP contribution in [0.2, 0.25) is 0 Å². The molecule has 6 nitrogen and oxygen atoms in total. The number of hydrogen-bond acceptors (Lipinski definition) is 6. The van der Waals surface area contributed by atoms with E-state index < -0.39 is 0 Å². The molecule has 0 radical (unpaired) electrons. The van der Waals surface area contributed by atoms with Crippen molar-refractivity contribution in [2.75, 3.05) is 6.54 Å². The minimum Gasteiger partial charge on any atom is -0.438 e. The molecular formula is C26H27N3O3S2. The monoisotopic (exact) mass is 493 g/mol. The maximum atomic E-state index is 13.4. The summed E-state index contributed by atoms with van der Waals surface area (Å²) in [5.41, 5.74) is 1.29. The van der Waals surface area contributed by atoms with Crippen molar-refractivity contribution in [3.8, 4) is 11.6 Å². The Kier molecular flexibility index (Phi) is 7.80. The zero-order valence-corrected chi connectivity index (χ0v) is 21.0. The van der Waals surface area contributed by atoms with E-state index >= 15 is 0 Å². The predicted octanol–water partition coefficient (Wildman–Crippen LogP) is 5.97. The lowest BCUT2D eigenvalue weighted by molar-refractivity contribution is -0.122. The van der Waals surface area contributed by atoms with Crippen LogP contribution in [-0.2, 0) is 4.79 Å². The second-order valence-electron chi connectivity index (χ2n) is 8.18. The lowest BCUT2D eigenvalue weighted by Gasteiger charge is -2.14. The molecule has 3 aromatic rings. The molecule has 0 unspecified atom stereocenters. The molecule has 0 N–H and O–H groups in total. The van der Waals surface area contributed by atoms with Crippen LogP contribution in [0.1, 0.15) is 50.2 Å². The van der Waals surface area contributed by atoms with E-state index in [0.717, 1.165) is 24.8 Å². The van der Waals surface area contributed by atoms with E-state index in [-0.39, 0.29) is 22.9 Å². The normalized spacial score (nSPS) is 15.0. The summed E-state index contributed by atoms with van der Waals surface area (Å²) in [4.78, 5) is 33.1. The van der Waals surface area contributed by atoms with Crippen LogP contribution in [0, 0.1) is 6.92 Å². The first-order chi connectivity index (χ1) is 16.5. The van der Waals surface area contributed by atoms with Crippen LogP contribution < -0.4 is 10.3 Å². The summed E-state index contributed by atoms with van der Waals surface area (Å²) in [5.74, 6) is 0.587. The van der Waals surface area contributed by atoms with Crippen LogP contribution in [0.15, 0.2) is 58.4 Å². The number of aryl methyl sites for hydroxylation is 1. The van der Waals surface area contributed by atoms with Crippen LogP contribution >= 0.6 is 24.0 Å². The minimum atomic E-state index is -0.306. The number of thioether (sulfide) groups is 1. The third-order valence-corrected chi connectivity index (χ3v) is 7.05. The van der Waals surface area contributed by atoms with Crippen LogP contribution in [0.25, 0.3) is 11.7 Å². The van der Waals surface area contributed by atoms with Gasteiger partial charge in [0.05, 0.1) is 4.91 Å². The number of benzene rings is 1. The third-order valence-electron chi connectivity index (χ3n) is 5.67. The Bertz CT molecular complexity index is 1320. The molecule has 176 valence electrons. The Morgan fingerprint density at radius 1 is 1.06 bits per heavy atom. The fraction of sp³-hybridized carbons (Fsp3) is 0.308. The Morgan fingerprint density at radius 2 is 1.82 bits per heavy atom. The molecule has 3 heterocycles. The van der Waals surface area contributed by atoms with E-state index in [1.54, 1.807) is 29.3 Å². The molecule has 0 bridgehead atoms. The molecule has 1 aliphatic rings. The van der Waals surface area contributed by atoms with Crippen molar-refractivity contribution in [2.24, 2.45) is 0 Å². The summed E-state index contributed by atoms with van der Waals surface area (Å²) in [6.07, 6.45) is 8.71. The molecule has 4 rings (SSSR count). The third kappa shape index (κ3) is 5.23. The molecule has 0 atom stereocenters.